The maximum absolute atomic E-state index is 11.9. The molecular formula is C15H19N3O3. The van der Waals surface area contributed by atoms with Crippen LogP contribution in [-0.4, -0.2) is 34.5 Å². The fourth-order valence-corrected chi connectivity index (χ4v) is 2.05. The van der Waals surface area contributed by atoms with E-state index in [0.29, 0.717) is 18.7 Å². The van der Waals surface area contributed by atoms with Crippen LogP contribution in [0.1, 0.15) is 23.0 Å². The lowest BCUT2D eigenvalue weighted by Gasteiger charge is -2.20. The van der Waals surface area contributed by atoms with Gasteiger partial charge in [0.05, 0.1) is 25.0 Å². The van der Waals surface area contributed by atoms with Crippen LogP contribution in [0.15, 0.2) is 30.5 Å². The first-order chi connectivity index (χ1) is 10.0. The Morgan fingerprint density at radius 1 is 1.38 bits per heavy atom. The number of hydrogen-bond donors (Lipinski definition) is 1. The van der Waals surface area contributed by atoms with E-state index in [0.717, 1.165) is 11.4 Å². The molecular weight excluding hydrogens is 270 g/mol. The van der Waals surface area contributed by atoms with E-state index in [1.165, 1.54) is 6.20 Å². The van der Waals surface area contributed by atoms with Crippen molar-refractivity contribution < 1.29 is 14.6 Å². The maximum Gasteiger partial charge on any atom is 0.341 e. The van der Waals surface area contributed by atoms with Gasteiger partial charge in [0.25, 0.3) is 0 Å². The number of nitrogens with zero attached hydrogens (tertiary/aromatic N) is 3. The Balaban J connectivity index is 2.20. The fraction of sp³-hybridized carbons (Fsp3) is 0.333. The predicted octanol–water partition coefficient (Wildman–Crippen LogP) is 1.94. The minimum Gasteiger partial charge on any atom is -0.508 e. The quantitative estimate of drug-likeness (QED) is 0.852. The van der Waals surface area contributed by atoms with E-state index in [1.807, 2.05) is 24.1 Å². The van der Waals surface area contributed by atoms with Gasteiger partial charge in [-0.3, -0.25) is 4.68 Å². The molecule has 112 valence electrons. The van der Waals surface area contributed by atoms with E-state index in [2.05, 4.69) is 5.10 Å². The first kappa shape index (κ1) is 14.9. The van der Waals surface area contributed by atoms with Crippen molar-refractivity contribution in [2.45, 2.75) is 13.5 Å². The minimum absolute atomic E-state index is 0.222. The summed E-state index contributed by atoms with van der Waals surface area (Å²) in [6, 6.07) is 6.88. The number of ether oxygens (including phenoxy) is 1. The molecule has 1 aromatic heterocycles. The standard InChI is InChI=1S/C15H19N3O3/c1-4-21-15(20)13-9-16-18(3)14(13)10-17(2)11-5-7-12(19)8-6-11/h5-9,19H,4,10H2,1-3H3. The number of esters is 1. The second-order valence-corrected chi connectivity index (χ2v) is 4.72. The van der Waals surface area contributed by atoms with Gasteiger partial charge in [-0.15, -0.1) is 0 Å². The van der Waals surface area contributed by atoms with Gasteiger partial charge < -0.3 is 14.7 Å². The van der Waals surface area contributed by atoms with Gasteiger partial charge in [-0.05, 0) is 31.2 Å². The average molecular weight is 289 g/mol. The summed E-state index contributed by atoms with van der Waals surface area (Å²) in [5, 5.41) is 13.5. The minimum atomic E-state index is -0.361. The number of carbonyl (C=O) groups excluding carboxylic acids is 1. The van der Waals surface area contributed by atoms with E-state index < -0.39 is 0 Å². The molecule has 6 nitrogen and oxygen atoms in total. The highest BCUT2D eigenvalue weighted by atomic mass is 16.5. The topological polar surface area (TPSA) is 67.6 Å². The van der Waals surface area contributed by atoms with Gasteiger partial charge in [0.15, 0.2) is 0 Å². The molecule has 0 unspecified atom stereocenters. The molecule has 21 heavy (non-hydrogen) atoms. The Kier molecular flexibility index (Phi) is 4.47. The zero-order chi connectivity index (χ0) is 15.4. The number of hydrogen-bond acceptors (Lipinski definition) is 5. The first-order valence-electron chi connectivity index (χ1n) is 6.71. The van der Waals surface area contributed by atoms with E-state index in [1.54, 1.807) is 30.8 Å². The van der Waals surface area contributed by atoms with Crippen LogP contribution in [-0.2, 0) is 18.3 Å². The van der Waals surface area contributed by atoms with Crippen LogP contribution in [0.2, 0.25) is 0 Å². The van der Waals surface area contributed by atoms with Crippen molar-refractivity contribution >= 4 is 11.7 Å². The second-order valence-electron chi connectivity index (χ2n) is 4.72. The van der Waals surface area contributed by atoms with Gasteiger partial charge >= 0.3 is 5.97 Å². The normalized spacial score (nSPS) is 10.4. The molecule has 2 aromatic rings. The molecule has 0 bridgehead atoms. The third kappa shape index (κ3) is 3.34. The fourth-order valence-electron chi connectivity index (χ4n) is 2.05. The highest BCUT2D eigenvalue weighted by molar-refractivity contribution is 5.90. The lowest BCUT2D eigenvalue weighted by molar-refractivity contribution is 0.0525. The molecule has 1 aromatic carbocycles. The van der Waals surface area contributed by atoms with Gasteiger partial charge in [-0.1, -0.05) is 0 Å². The van der Waals surface area contributed by atoms with Crippen molar-refractivity contribution in [1.82, 2.24) is 9.78 Å². The Labute approximate surface area is 123 Å². The van der Waals surface area contributed by atoms with Crippen LogP contribution in [0.5, 0.6) is 5.75 Å². The predicted molar refractivity (Wildman–Crippen MR) is 79.4 cm³/mol. The molecule has 0 saturated carbocycles. The molecule has 0 aliphatic carbocycles. The summed E-state index contributed by atoms with van der Waals surface area (Å²) < 4.78 is 6.71. The van der Waals surface area contributed by atoms with Crippen molar-refractivity contribution in [1.29, 1.82) is 0 Å². The molecule has 0 spiro atoms. The van der Waals surface area contributed by atoms with Crippen LogP contribution < -0.4 is 4.90 Å². The Morgan fingerprint density at radius 2 is 2.05 bits per heavy atom. The Hall–Kier alpha value is -2.50. The number of aryl methyl sites for hydroxylation is 1. The Morgan fingerprint density at radius 3 is 2.67 bits per heavy atom. The summed E-state index contributed by atoms with van der Waals surface area (Å²) in [7, 11) is 3.71. The zero-order valence-corrected chi connectivity index (χ0v) is 12.4. The van der Waals surface area contributed by atoms with Crippen molar-refractivity contribution in [3.8, 4) is 5.75 Å². The van der Waals surface area contributed by atoms with Crippen molar-refractivity contribution in [2.24, 2.45) is 7.05 Å². The number of rotatable bonds is 5. The van der Waals surface area contributed by atoms with Crippen LogP contribution >= 0.6 is 0 Å². The third-order valence-corrected chi connectivity index (χ3v) is 3.23. The second kappa shape index (κ2) is 6.30. The molecule has 0 saturated heterocycles. The number of carbonyl (C=O) groups is 1. The molecule has 2 rings (SSSR count). The van der Waals surface area contributed by atoms with Crippen LogP contribution in [0, 0.1) is 0 Å². The molecule has 6 heteroatoms. The SMILES string of the molecule is CCOC(=O)c1cnn(C)c1CN(C)c1ccc(O)cc1. The summed E-state index contributed by atoms with van der Waals surface area (Å²) in [6.07, 6.45) is 1.53. The molecule has 0 aliphatic rings. The monoisotopic (exact) mass is 289 g/mol. The largest absolute Gasteiger partial charge is 0.508 e. The van der Waals surface area contributed by atoms with E-state index >= 15 is 0 Å². The molecule has 1 heterocycles. The smallest absolute Gasteiger partial charge is 0.341 e. The van der Waals surface area contributed by atoms with E-state index in [9.17, 15) is 9.90 Å². The number of phenols is 1. The highest BCUT2D eigenvalue weighted by Gasteiger charge is 2.18. The molecule has 0 radical (unpaired) electrons. The lowest BCUT2D eigenvalue weighted by atomic mass is 10.2. The maximum atomic E-state index is 11.9. The lowest BCUT2D eigenvalue weighted by Crippen LogP contribution is -2.20. The van der Waals surface area contributed by atoms with Gasteiger partial charge in [0.1, 0.15) is 11.3 Å². The molecule has 0 fully saturated rings. The van der Waals surface area contributed by atoms with Crippen molar-refractivity contribution in [3.63, 3.8) is 0 Å². The molecule has 1 N–H and O–H groups in total. The number of aromatic nitrogens is 2. The van der Waals surface area contributed by atoms with Crippen molar-refractivity contribution in [3.05, 3.63) is 41.7 Å². The first-order valence-corrected chi connectivity index (χ1v) is 6.71. The number of aromatic hydroxyl groups is 1. The highest BCUT2D eigenvalue weighted by Crippen LogP contribution is 2.20. The molecule has 0 amide bonds. The van der Waals surface area contributed by atoms with Crippen LogP contribution in [0.4, 0.5) is 5.69 Å². The van der Waals surface area contributed by atoms with Crippen LogP contribution in [0.25, 0.3) is 0 Å². The van der Waals surface area contributed by atoms with Gasteiger partial charge in [-0.25, -0.2) is 4.79 Å². The number of benzene rings is 1. The van der Waals surface area contributed by atoms with Gasteiger partial charge in [0, 0.05) is 19.8 Å². The average Bonchev–Trinajstić information content (AvgIpc) is 2.81. The number of phenolic OH excluding ortho intramolecular Hbond substituents is 1. The van der Waals surface area contributed by atoms with E-state index in [4.69, 9.17) is 4.74 Å². The molecule has 0 atom stereocenters. The van der Waals surface area contributed by atoms with Gasteiger partial charge in [-0.2, -0.15) is 5.10 Å². The molecule has 0 aliphatic heterocycles. The Bertz CT molecular complexity index is 620. The van der Waals surface area contributed by atoms with Crippen molar-refractivity contribution in [2.75, 3.05) is 18.6 Å². The van der Waals surface area contributed by atoms with Gasteiger partial charge in [0.2, 0.25) is 0 Å². The number of anilines is 1. The van der Waals surface area contributed by atoms with Crippen LogP contribution in [0.3, 0.4) is 0 Å². The summed E-state index contributed by atoms with van der Waals surface area (Å²) in [4.78, 5) is 13.9. The third-order valence-electron chi connectivity index (χ3n) is 3.23. The summed E-state index contributed by atoms with van der Waals surface area (Å²) in [5.41, 5.74) is 2.19. The van der Waals surface area contributed by atoms with E-state index in [-0.39, 0.29) is 11.7 Å². The zero-order valence-electron chi connectivity index (χ0n) is 12.4. The summed E-state index contributed by atoms with van der Waals surface area (Å²) in [5.74, 6) is -0.139. The summed E-state index contributed by atoms with van der Waals surface area (Å²) in [6.45, 7) is 2.62. The summed E-state index contributed by atoms with van der Waals surface area (Å²) >= 11 is 0.